The Balaban J connectivity index is 2.11. The minimum atomic E-state index is -0.546. The molecule has 0 aromatic rings. The molecule has 0 aromatic heterocycles. The van der Waals surface area contributed by atoms with Gasteiger partial charge in [0.2, 0.25) is 6.54 Å². The Morgan fingerprint density at radius 1 is 1.52 bits per heavy atom. The van der Waals surface area contributed by atoms with E-state index in [-0.39, 0.29) is 29.8 Å². The Labute approximate surface area is 125 Å². The molecular formula is C16H25NO4. The lowest BCUT2D eigenvalue weighted by atomic mass is 9.53. The first-order valence-electron chi connectivity index (χ1n) is 7.68. The molecule has 0 amide bonds. The number of hydrogen-bond acceptors (Lipinski definition) is 4. The van der Waals surface area contributed by atoms with Crippen LogP contribution in [0.3, 0.4) is 0 Å². The summed E-state index contributed by atoms with van der Waals surface area (Å²) in [6.07, 6.45) is 5.13. The SMILES string of the molecule is CCC1=C[C@@H]2[C@H](C1)C[C@]2(CC(=O)OC(C)(C)C)C[N+](=O)[O-]. The summed E-state index contributed by atoms with van der Waals surface area (Å²) in [5.41, 5.74) is 0.295. The maximum Gasteiger partial charge on any atom is 0.307 e. The van der Waals surface area contributed by atoms with Crippen LogP contribution in [0.25, 0.3) is 0 Å². The van der Waals surface area contributed by atoms with Crippen molar-refractivity contribution < 1.29 is 14.5 Å². The minimum absolute atomic E-state index is 0.138. The highest BCUT2D eigenvalue weighted by Crippen LogP contribution is 2.60. The zero-order chi connectivity index (χ0) is 15.8. The summed E-state index contributed by atoms with van der Waals surface area (Å²) in [5, 5.41) is 11.0. The third-order valence-electron chi connectivity index (χ3n) is 4.64. The molecule has 1 saturated carbocycles. The van der Waals surface area contributed by atoms with Crippen molar-refractivity contribution in [1.29, 1.82) is 0 Å². The van der Waals surface area contributed by atoms with Gasteiger partial charge < -0.3 is 4.74 Å². The van der Waals surface area contributed by atoms with E-state index in [9.17, 15) is 14.9 Å². The summed E-state index contributed by atoms with van der Waals surface area (Å²) in [6.45, 7) is 7.43. The van der Waals surface area contributed by atoms with Gasteiger partial charge in [0.25, 0.3) is 0 Å². The van der Waals surface area contributed by atoms with Crippen molar-refractivity contribution in [1.82, 2.24) is 0 Å². The lowest BCUT2D eigenvalue weighted by Gasteiger charge is -2.49. The van der Waals surface area contributed by atoms with Crippen LogP contribution in [0.1, 0.15) is 53.4 Å². The summed E-state index contributed by atoms with van der Waals surface area (Å²) in [5.74, 6) is 0.342. The fourth-order valence-corrected chi connectivity index (χ4v) is 3.90. The zero-order valence-electron chi connectivity index (χ0n) is 13.3. The van der Waals surface area contributed by atoms with Crippen LogP contribution in [0.5, 0.6) is 0 Å². The van der Waals surface area contributed by atoms with Crippen molar-refractivity contribution >= 4 is 5.97 Å². The molecule has 0 saturated heterocycles. The van der Waals surface area contributed by atoms with Gasteiger partial charge in [-0.1, -0.05) is 18.6 Å². The van der Waals surface area contributed by atoms with Crippen molar-refractivity contribution in [2.75, 3.05) is 6.54 Å². The van der Waals surface area contributed by atoms with Gasteiger partial charge in [-0.25, -0.2) is 0 Å². The number of ether oxygens (including phenoxy) is 1. The van der Waals surface area contributed by atoms with Gasteiger partial charge in [-0.3, -0.25) is 14.9 Å². The van der Waals surface area contributed by atoms with Crippen molar-refractivity contribution in [3.05, 3.63) is 21.8 Å². The molecule has 0 aliphatic heterocycles. The highest BCUT2D eigenvalue weighted by atomic mass is 16.6. The molecule has 2 aliphatic carbocycles. The summed E-state index contributed by atoms with van der Waals surface area (Å²) in [7, 11) is 0. The molecule has 1 fully saturated rings. The third kappa shape index (κ3) is 3.44. The molecule has 0 bridgehead atoms. The van der Waals surface area contributed by atoms with Gasteiger partial charge in [-0.2, -0.15) is 0 Å². The van der Waals surface area contributed by atoms with E-state index in [2.05, 4.69) is 13.0 Å². The van der Waals surface area contributed by atoms with Crippen molar-refractivity contribution in [3.63, 3.8) is 0 Å². The Kier molecular flexibility index (Phi) is 4.13. The van der Waals surface area contributed by atoms with Gasteiger partial charge in [0.15, 0.2) is 0 Å². The van der Waals surface area contributed by atoms with Gasteiger partial charge in [-0.05, 0) is 51.9 Å². The van der Waals surface area contributed by atoms with Gasteiger partial charge in [0.05, 0.1) is 11.8 Å². The molecule has 118 valence electrons. The number of fused-ring (bicyclic) bond motifs is 1. The maximum atomic E-state index is 12.1. The first-order chi connectivity index (χ1) is 9.65. The fraction of sp³-hybridized carbons (Fsp3) is 0.812. The molecule has 3 atom stereocenters. The summed E-state index contributed by atoms with van der Waals surface area (Å²) < 4.78 is 5.37. The van der Waals surface area contributed by atoms with E-state index >= 15 is 0 Å². The van der Waals surface area contributed by atoms with E-state index in [4.69, 9.17) is 4.74 Å². The van der Waals surface area contributed by atoms with E-state index in [1.165, 1.54) is 5.57 Å². The van der Waals surface area contributed by atoms with E-state index in [1.54, 1.807) is 0 Å². The molecule has 5 nitrogen and oxygen atoms in total. The predicted octanol–water partition coefficient (Wildman–Crippen LogP) is 3.36. The van der Waals surface area contributed by atoms with Crippen LogP contribution in [-0.4, -0.2) is 23.0 Å². The molecule has 0 spiro atoms. The largest absolute Gasteiger partial charge is 0.460 e. The van der Waals surface area contributed by atoms with E-state index in [0.717, 1.165) is 19.3 Å². The number of nitro groups is 1. The van der Waals surface area contributed by atoms with Crippen LogP contribution in [0.2, 0.25) is 0 Å². The normalized spacial score (nSPS) is 31.1. The summed E-state index contributed by atoms with van der Waals surface area (Å²) in [4.78, 5) is 22.9. The highest BCUT2D eigenvalue weighted by Gasteiger charge is 2.58. The van der Waals surface area contributed by atoms with Gasteiger partial charge in [0.1, 0.15) is 5.60 Å². The van der Waals surface area contributed by atoms with Crippen LogP contribution in [0.4, 0.5) is 0 Å². The van der Waals surface area contributed by atoms with Crippen molar-refractivity contribution in [3.8, 4) is 0 Å². The number of carbonyl (C=O) groups is 1. The predicted molar refractivity (Wildman–Crippen MR) is 79.3 cm³/mol. The maximum absolute atomic E-state index is 12.1. The number of rotatable bonds is 5. The molecule has 2 aliphatic rings. The number of hydrogen-bond donors (Lipinski definition) is 0. The highest BCUT2D eigenvalue weighted by molar-refractivity contribution is 5.71. The van der Waals surface area contributed by atoms with E-state index in [0.29, 0.717) is 5.92 Å². The molecule has 0 N–H and O–H groups in total. The Morgan fingerprint density at radius 3 is 2.71 bits per heavy atom. The lowest BCUT2D eigenvalue weighted by Crippen LogP contribution is -2.51. The first kappa shape index (κ1) is 16.0. The van der Waals surface area contributed by atoms with Crippen molar-refractivity contribution in [2.24, 2.45) is 17.3 Å². The topological polar surface area (TPSA) is 69.4 Å². The molecule has 2 rings (SSSR count). The Morgan fingerprint density at radius 2 is 2.19 bits per heavy atom. The fourth-order valence-electron chi connectivity index (χ4n) is 3.90. The molecule has 21 heavy (non-hydrogen) atoms. The summed E-state index contributed by atoms with van der Waals surface area (Å²) >= 11 is 0. The average Bonchev–Trinajstić information content (AvgIpc) is 2.63. The molecule has 0 unspecified atom stereocenters. The molecule has 0 heterocycles. The van der Waals surface area contributed by atoms with E-state index in [1.807, 2.05) is 20.8 Å². The van der Waals surface area contributed by atoms with Crippen LogP contribution in [0.15, 0.2) is 11.6 Å². The second-order valence-corrected chi connectivity index (χ2v) is 7.49. The second kappa shape index (κ2) is 5.43. The molecular weight excluding hydrogens is 270 g/mol. The monoisotopic (exact) mass is 295 g/mol. The lowest BCUT2D eigenvalue weighted by molar-refractivity contribution is -0.506. The number of nitrogens with zero attached hydrogens (tertiary/aromatic N) is 1. The Hall–Kier alpha value is -1.39. The van der Waals surface area contributed by atoms with Crippen LogP contribution < -0.4 is 0 Å². The smallest absolute Gasteiger partial charge is 0.307 e. The second-order valence-electron chi connectivity index (χ2n) is 7.49. The Bertz CT molecular complexity index is 477. The first-order valence-corrected chi connectivity index (χ1v) is 7.68. The number of allylic oxidation sites excluding steroid dienone is 2. The number of carbonyl (C=O) groups excluding carboxylic acids is 1. The van der Waals surface area contributed by atoms with Gasteiger partial charge in [-0.15, -0.1) is 0 Å². The average molecular weight is 295 g/mol. The van der Waals surface area contributed by atoms with Crippen LogP contribution in [-0.2, 0) is 9.53 Å². The van der Waals surface area contributed by atoms with Crippen LogP contribution in [0, 0.1) is 27.4 Å². The van der Waals surface area contributed by atoms with Gasteiger partial charge >= 0.3 is 5.97 Å². The van der Waals surface area contributed by atoms with E-state index < -0.39 is 11.0 Å². The molecule has 5 heteroatoms. The molecule has 0 aromatic carbocycles. The zero-order valence-corrected chi connectivity index (χ0v) is 13.3. The van der Waals surface area contributed by atoms with Crippen molar-refractivity contribution in [2.45, 2.75) is 59.0 Å². The minimum Gasteiger partial charge on any atom is -0.460 e. The number of esters is 1. The van der Waals surface area contributed by atoms with Crippen LogP contribution >= 0.6 is 0 Å². The standard InChI is InChI=1S/C16H25NO4/c1-5-11-6-12-8-16(10-17(19)20,13(12)7-11)9-14(18)21-15(2,3)4/h7,12-13H,5-6,8-10H2,1-4H3/t12-,13-,16+/m1/s1. The third-order valence-corrected chi connectivity index (χ3v) is 4.64. The summed E-state index contributed by atoms with van der Waals surface area (Å²) in [6, 6.07) is 0. The molecule has 0 radical (unpaired) electrons. The van der Waals surface area contributed by atoms with Gasteiger partial charge in [0, 0.05) is 4.92 Å². The quantitative estimate of drug-likeness (QED) is 0.337.